The van der Waals surface area contributed by atoms with Gasteiger partial charge in [0.2, 0.25) is 0 Å². The highest BCUT2D eigenvalue weighted by Crippen LogP contribution is 2.23. The average molecular weight is 369 g/mol. The third kappa shape index (κ3) is 4.69. The van der Waals surface area contributed by atoms with E-state index >= 15 is 0 Å². The molecule has 0 saturated carbocycles. The van der Waals surface area contributed by atoms with Crippen LogP contribution >= 0.6 is 0 Å². The molecule has 0 aliphatic carbocycles. The predicted molar refractivity (Wildman–Crippen MR) is 92.4 cm³/mol. The third-order valence-electron chi connectivity index (χ3n) is 4.74. The van der Waals surface area contributed by atoms with Crippen molar-refractivity contribution < 1.29 is 22.7 Å². The summed E-state index contributed by atoms with van der Waals surface area (Å²) in [6.07, 6.45) is -2.85. The fraction of sp³-hybridized carbons (Fsp3) is 0.500. The van der Waals surface area contributed by atoms with Crippen LogP contribution in [0.25, 0.3) is 10.9 Å². The molecule has 2 heterocycles. The van der Waals surface area contributed by atoms with E-state index < -0.39 is 12.7 Å². The molecule has 26 heavy (non-hydrogen) atoms. The van der Waals surface area contributed by atoms with Crippen LogP contribution < -0.4 is 10.1 Å². The Kier molecular flexibility index (Phi) is 5.41. The van der Waals surface area contributed by atoms with E-state index in [2.05, 4.69) is 10.3 Å². The molecule has 1 aromatic heterocycles. The number of hydrogen-bond acceptors (Lipinski definition) is 3. The number of likely N-dealkylation sites (tertiary alicyclic amines) is 1. The first-order valence-electron chi connectivity index (χ1n) is 8.58. The van der Waals surface area contributed by atoms with Crippen molar-refractivity contribution in [2.24, 2.45) is 5.92 Å². The molecule has 0 radical (unpaired) electrons. The summed E-state index contributed by atoms with van der Waals surface area (Å²) in [6, 6.07) is 7.29. The van der Waals surface area contributed by atoms with Gasteiger partial charge >= 0.3 is 6.18 Å². The Labute approximate surface area is 149 Å². The molecule has 1 saturated heterocycles. The number of hydrogen-bond donors (Lipinski definition) is 2. The number of amides is 1. The fourth-order valence-electron chi connectivity index (χ4n) is 3.29. The van der Waals surface area contributed by atoms with Crippen molar-refractivity contribution >= 4 is 16.8 Å². The Morgan fingerprint density at radius 3 is 2.69 bits per heavy atom. The van der Waals surface area contributed by atoms with Gasteiger partial charge in [-0.15, -0.1) is 0 Å². The highest BCUT2D eigenvalue weighted by atomic mass is 19.4. The van der Waals surface area contributed by atoms with Crippen molar-refractivity contribution in [3.8, 4) is 5.75 Å². The SMILES string of the molecule is COc1ccc2cc(C(=O)NCC3CCN(CC(F)(F)F)CC3)[nH]c2c1. The molecule has 1 aliphatic heterocycles. The van der Waals surface area contributed by atoms with Gasteiger partial charge in [0.05, 0.1) is 13.7 Å². The number of ether oxygens (including phenoxy) is 1. The number of nitrogens with zero attached hydrogens (tertiary/aromatic N) is 1. The number of nitrogens with one attached hydrogen (secondary N) is 2. The maximum atomic E-state index is 12.4. The molecule has 1 fully saturated rings. The maximum absolute atomic E-state index is 12.4. The molecule has 2 aromatic rings. The van der Waals surface area contributed by atoms with E-state index in [1.165, 1.54) is 4.90 Å². The quantitative estimate of drug-likeness (QED) is 0.851. The van der Waals surface area contributed by atoms with Gasteiger partial charge in [-0.05, 0) is 50.0 Å². The number of carbonyl (C=O) groups excluding carboxylic acids is 1. The molecular weight excluding hydrogens is 347 g/mol. The summed E-state index contributed by atoms with van der Waals surface area (Å²) in [5.74, 6) is 0.697. The predicted octanol–water partition coefficient (Wildman–Crippen LogP) is 3.18. The highest BCUT2D eigenvalue weighted by molar-refractivity contribution is 5.98. The molecule has 3 rings (SSSR count). The summed E-state index contributed by atoms with van der Waals surface area (Å²) in [5, 5.41) is 3.79. The maximum Gasteiger partial charge on any atom is 0.401 e. The molecule has 5 nitrogen and oxygen atoms in total. The summed E-state index contributed by atoms with van der Waals surface area (Å²) in [6.45, 7) is 0.431. The van der Waals surface area contributed by atoms with Gasteiger partial charge in [-0.3, -0.25) is 9.69 Å². The van der Waals surface area contributed by atoms with Crippen LogP contribution in [0.3, 0.4) is 0 Å². The number of aromatic nitrogens is 1. The Morgan fingerprint density at radius 1 is 1.31 bits per heavy atom. The van der Waals surface area contributed by atoms with Gasteiger partial charge in [-0.2, -0.15) is 13.2 Å². The van der Waals surface area contributed by atoms with Gasteiger partial charge in [-0.25, -0.2) is 0 Å². The monoisotopic (exact) mass is 369 g/mol. The summed E-state index contributed by atoms with van der Waals surface area (Å²) in [7, 11) is 1.58. The number of halogens is 3. The van der Waals surface area contributed by atoms with Gasteiger partial charge in [0.25, 0.3) is 5.91 Å². The zero-order valence-corrected chi connectivity index (χ0v) is 14.5. The van der Waals surface area contributed by atoms with E-state index in [4.69, 9.17) is 4.74 Å². The summed E-state index contributed by atoms with van der Waals surface area (Å²) in [5.41, 5.74) is 1.28. The van der Waals surface area contributed by atoms with Crippen LogP contribution in [0.5, 0.6) is 5.75 Å². The average Bonchev–Trinajstić information content (AvgIpc) is 3.02. The van der Waals surface area contributed by atoms with Crippen molar-refractivity contribution in [2.45, 2.75) is 19.0 Å². The zero-order chi connectivity index (χ0) is 18.7. The number of methoxy groups -OCH3 is 1. The Morgan fingerprint density at radius 2 is 2.04 bits per heavy atom. The first-order valence-corrected chi connectivity index (χ1v) is 8.58. The van der Waals surface area contributed by atoms with Crippen LogP contribution in [-0.4, -0.2) is 55.3 Å². The highest BCUT2D eigenvalue weighted by Gasteiger charge is 2.32. The number of benzene rings is 1. The van der Waals surface area contributed by atoms with Crippen LogP contribution in [0, 0.1) is 5.92 Å². The number of fused-ring (bicyclic) bond motifs is 1. The minimum Gasteiger partial charge on any atom is -0.497 e. The van der Waals surface area contributed by atoms with Crippen LogP contribution in [0.4, 0.5) is 13.2 Å². The minimum absolute atomic E-state index is 0.202. The lowest BCUT2D eigenvalue weighted by Crippen LogP contribution is -2.42. The summed E-state index contributed by atoms with van der Waals surface area (Å²) in [4.78, 5) is 16.8. The second-order valence-electron chi connectivity index (χ2n) is 6.68. The lowest BCUT2D eigenvalue weighted by atomic mass is 9.97. The fourth-order valence-corrected chi connectivity index (χ4v) is 3.29. The molecule has 1 aromatic carbocycles. The van der Waals surface area contributed by atoms with Crippen LogP contribution in [-0.2, 0) is 0 Å². The molecule has 8 heteroatoms. The number of H-pyrrole nitrogens is 1. The van der Waals surface area contributed by atoms with Gasteiger partial charge in [-0.1, -0.05) is 0 Å². The molecule has 142 valence electrons. The first-order chi connectivity index (χ1) is 12.3. The smallest absolute Gasteiger partial charge is 0.401 e. The Hall–Kier alpha value is -2.22. The number of aromatic amines is 1. The lowest BCUT2D eigenvalue weighted by molar-refractivity contribution is -0.148. The second kappa shape index (κ2) is 7.57. The minimum atomic E-state index is -4.15. The number of piperidine rings is 1. The second-order valence-corrected chi connectivity index (χ2v) is 6.68. The zero-order valence-electron chi connectivity index (χ0n) is 14.5. The van der Waals surface area contributed by atoms with Crippen LogP contribution in [0.2, 0.25) is 0 Å². The van der Waals surface area contributed by atoms with E-state index in [9.17, 15) is 18.0 Å². The molecule has 1 aliphatic rings. The van der Waals surface area contributed by atoms with Gasteiger partial charge in [0.1, 0.15) is 11.4 Å². The lowest BCUT2D eigenvalue weighted by Gasteiger charge is -2.32. The molecular formula is C18H22F3N3O2. The van der Waals surface area contributed by atoms with Crippen molar-refractivity contribution in [2.75, 3.05) is 33.3 Å². The molecule has 1 amide bonds. The van der Waals surface area contributed by atoms with Crippen molar-refractivity contribution in [1.82, 2.24) is 15.2 Å². The van der Waals surface area contributed by atoms with E-state index in [0.717, 1.165) is 10.9 Å². The third-order valence-corrected chi connectivity index (χ3v) is 4.74. The first kappa shape index (κ1) is 18.6. The van der Waals surface area contributed by atoms with Crippen molar-refractivity contribution in [1.29, 1.82) is 0 Å². The summed E-state index contributed by atoms with van der Waals surface area (Å²) < 4.78 is 42.4. The van der Waals surface area contributed by atoms with Gasteiger partial charge in [0, 0.05) is 23.5 Å². The van der Waals surface area contributed by atoms with Crippen LogP contribution in [0.1, 0.15) is 23.3 Å². The van der Waals surface area contributed by atoms with Gasteiger partial charge < -0.3 is 15.0 Å². The molecule has 0 unspecified atom stereocenters. The standard InChI is InChI=1S/C18H22F3N3O2/c1-26-14-3-2-13-8-16(23-15(13)9-14)17(25)22-10-12-4-6-24(7-5-12)11-18(19,20)21/h2-3,8-9,12,23H,4-7,10-11H2,1H3,(H,22,25). The molecule has 0 atom stereocenters. The number of rotatable bonds is 5. The molecule has 0 spiro atoms. The van der Waals surface area contributed by atoms with E-state index in [-0.39, 0.29) is 11.8 Å². The summed E-state index contributed by atoms with van der Waals surface area (Å²) >= 11 is 0. The topological polar surface area (TPSA) is 57.4 Å². The number of carbonyl (C=O) groups is 1. The molecule has 2 N–H and O–H groups in total. The molecule has 0 bridgehead atoms. The van der Waals surface area contributed by atoms with Crippen molar-refractivity contribution in [3.63, 3.8) is 0 Å². The van der Waals surface area contributed by atoms with Crippen molar-refractivity contribution in [3.05, 3.63) is 30.0 Å². The largest absolute Gasteiger partial charge is 0.497 e. The van der Waals surface area contributed by atoms with Crippen LogP contribution in [0.15, 0.2) is 24.3 Å². The van der Waals surface area contributed by atoms with E-state index in [1.54, 1.807) is 13.2 Å². The van der Waals surface area contributed by atoms with E-state index in [1.807, 2.05) is 18.2 Å². The Bertz CT molecular complexity index is 765. The number of alkyl halides is 3. The van der Waals surface area contributed by atoms with Gasteiger partial charge in [0.15, 0.2) is 0 Å². The van der Waals surface area contributed by atoms with E-state index in [0.29, 0.717) is 43.9 Å². The normalized spacial score (nSPS) is 16.8. The Balaban J connectivity index is 1.50.